The fraction of sp³-hybridized carbons (Fsp3) is 0.600. The van der Waals surface area contributed by atoms with Crippen molar-refractivity contribution in [1.29, 1.82) is 0 Å². The summed E-state index contributed by atoms with van der Waals surface area (Å²) in [4.78, 5) is 25.0. The Morgan fingerprint density at radius 2 is 2.08 bits per heavy atom. The van der Waals surface area contributed by atoms with Gasteiger partial charge in [-0.15, -0.1) is 0 Å². The van der Waals surface area contributed by atoms with Crippen LogP contribution in [0.2, 0.25) is 0 Å². The minimum Gasteiger partial charge on any atom is -0.354 e. The van der Waals surface area contributed by atoms with Gasteiger partial charge in [0.2, 0.25) is 12.3 Å². The highest BCUT2D eigenvalue weighted by molar-refractivity contribution is 5.81. The van der Waals surface area contributed by atoms with Crippen molar-refractivity contribution in [2.24, 2.45) is 11.7 Å². The maximum atomic E-state index is 13.7. The molecule has 2 amide bonds. The number of amides is 2. The van der Waals surface area contributed by atoms with E-state index in [1.807, 2.05) is 6.07 Å². The minimum absolute atomic E-state index is 0.102. The normalized spacial score (nSPS) is 22.2. The Morgan fingerprint density at radius 3 is 2.81 bits per heavy atom. The summed E-state index contributed by atoms with van der Waals surface area (Å²) in [5.74, 6) is -0.126. The van der Waals surface area contributed by atoms with Gasteiger partial charge in [0.1, 0.15) is 5.82 Å². The van der Waals surface area contributed by atoms with Crippen LogP contribution in [0.5, 0.6) is 0 Å². The molecule has 5 nitrogen and oxygen atoms in total. The molecule has 1 aliphatic carbocycles. The van der Waals surface area contributed by atoms with Gasteiger partial charge in [0, 0.05) is 25.6 Å². The van der Waals surface area contributed by atoms with Gasteiger partial charge in [-0.25, -0.2) is 4.39 Å². The molecule has 1 saturated heterocycles. The Kier molecular flexibility index (Phi) is 6.25. The molecule has 1 fully saturated rings. The Hall–Kier alpha value is -1.95. The van der Waals surface area contributed by atoms with Crippen molar-refractivity contribution in [1.82, 2.24) is 10.2 Å². The predicted octanol–water partition coefficient (Wildman–Crippen LogP) is 1.95. The highest BCUT2D eigenvalue weighted by Crippen LogP contribution is 2.30. The van der Waals surface area contributed by atoms with Crippen molar-refractivity contribution < 1.29 is 14.0 Å². The maximum Gasteiger partial charge on any atom is 0.237 e. The van der Waals surface area contributed by atoms with Gasteiger partial charge < -0.3 is 16.0 Å². The Bertz CT molecular complexity index is 644. The van der Waals surface area contributed by atoms with Crippen LogP contribution in [0, 0.1) is 11.7 Å². The molecule has 2 aliphatic rings. The van der Waals surface area contributed by atoms with E-state index in [4.69, 9.17) is 5.73 Å². The van der Waals surface area contributed by atoms with Crippen LogP contribution >= 0.6 is 0 Å². The first-order valence-corrected chi connectivity index (χ1v) is 9.59. The number of likely N-dealkylation sites (tertiary alicyclic amines) is 1. The quantitative estimate of drug-likeness (QED) is 0.622. The number of halogens is 1. The molecule has 6 heteroatoms. The summed E-state index contributed by atoms with van der Waals surface area (Å²) in [6, 6.07) is 4.45. The summed E-state index contributed by atoms with van der Waals surface area (Å²) >= 11 is 0. The third kappa shape index (κ3) is 4.41. The largest absolute Gasteiger partial charge is 0.354 e. The number of carbonyl (C=O) groups excluding carboxylic acids is 2. The highest BCUT2D eigenvalue weighted by atomic mass is 19.1. The fourth-order valence-electron chi connectivity index (χ4n) is 4.19. The second kappa shape index (κ2) is 8.62. The van der Waals surface area contributed by atoms with Crippen LogP contribution in [0.15, 0.2) is 18.2 Å². The summed E-state index contributed by atoms with van der Waals surface area (Å²) in [7, 11) is 0. The van der Waals surface area contributed by atoms with Crippen LogP contribution in [-0.4, -0.2) is 42.9 Å². The van der Waals surface area contributed by atoms with E-state index in [2.05, 4.69) is 5.32 Å². The molecule has 1 heterocycles. The van der Waals surface area contributed by atoms with Crippen LogP contribution in [0.3, 0.4) is 0 Å². The summed E-state index contributed by atoms with van der Waals surface area (Å²) in [6.45, 7) is 1.81. The van der Waals surface area contributed by atoms with Crippen molar-refractivity contribution in [2.75, 3.05) is 19.6 Å². The number of nitrogens with zero attached hydrogens (tertiary/aromatic N) is 1. The van der Waals surface area contributed by atoms with E-state index in [-0.39, 0.29) is 23.6 Å². The van der Waals surface area contributed by atoms with E-state index in [0.717, 1.165) is 50.5 Å². The summed E-state index contributed by atoms with van der Waals surface area (Å²) in [5.41, 5.74) is 8.38. The number of carbonyl (C=O) groups is 2. The van der Waals surface area contributed by atoms with E-state index in [1.165, 1.54) is 11.6 Å². The van der Waals surface area contributed by atoms with E-state index >= 15 is 0 Å². The van der Waals surface area contributed by atoms with Crippen LogP contribution in [0.4, 0.5) is 4.39 Å². The zero-order valence-electron chi connectivity index (χ0n) is 15.1. The van der Waals surface area contributed by atoms with Gasteiger partial charge in [-0.3, -0.25) is 9.59 Å². The van der Waals surface area contributed by atoms with Gasteiger partial charge in [-0.1, -0.05) is 12.5 Å². The Morgan fingerprint density at radius 1 is 1.31 bits per heavy atom. The van der Waals surface area contributed by atoms with Crippen LogP contribution in [0.1, 0.15) is 49.1 Å². The summed E-state index contributed by atoms with van der Waals surface area (Å²) in [5, 5.41) is 2.99. The molecule has 26 heavy (non-hydrogen) atoms. The number of benzene rings is 1. The molecule has 3 rings (SSSR count). The zero-order chi connectivity index (χ0) is 18.5. The third-order valence-electron chi connectivity index (χ3n) is 5.85. The number of nitrogens with two attached hydrogens (primary N) is 1. The predicted molar refractivity (Wildman–Crippen MR) is 98.0 cm³/mol. The van der Waals surface area contributed by atoms with E-state index < -0.39 is 6.04 Å². The first kappa shape index (κ1) is 18.8. The Balaban J connectivity index is 1.57. The number of hydrogen-bond donors (Lipinski definition) is 2. The van der Waals surface area contributed by atoms with Crippen LogP contribution in [-0.2, 0) is 16.0 Å². The van der Waals surface area contributed by atoms with Gasteiger partial charge in [-0.05, 0) is 61.3 Å². The van der Waals surface area contributed by atoms with Crippen LogP contribution in [0.25, 0.3) is 0 Å². The first-order valence-electron chi connectivity index (χ1n) is 9.59. The molecular formula is C20H28FN3O2. The lowest BCUT2D eigenvalue weighted by molar-refractivity contribution is -0.124. The lowest BCUT2D eigenvalue weighted by Gasteiger charge is -2.32. The Labute approximate surface area is 154 Å². The number of hydrogen-bond acceptors (Lipinski definition) is 3. The summed E-state index contributed by atoms with van der Waals surface area (Å²) < 4.78 is 13.7. The monoisotopic (exact) mass is 361 g/mol. The number of aryl methyl sites for hydroxylation is 1. The SMILES string of the molecule is NC(C(=O)NCC1CCCCc2ccc(F)cc21)C1CCN(C=O)CC1. The van der Waals surface area contributed by atoms with Crippen molar-refractivity contribution in [2.45, 2.75) is 50.5 Å². The fourth-order valence-corrected chi connectivity index (χ4v) is 4.19. The number of nitrogens with one attached hydrogen (secondary N) is 1. The van der Waals surface area contributed by atoms with Gasteiger partial charge in [0.25, 0.3) is 0 Å². The summed E-state index contributed by atoms with van der Waals surface area (Å²) in [6.07, 6.45) is 6.45. The van der Waals surface area contributed by atoms with Gasteiger partial charge in [-0.2, -0.15) is 0 Å². The first-order chi connectivity index (χ1) is 12.6. The molecule has 1 aromatic carbocycles. The molecule has 0 bridgehead atoms. The number of fused-ring (bicyclic) bond motifs is 1. The van der Waals surface area contributed by atoms with E-state index in [1.54, 1.807) is 11.0 Å². The maximum absolute atomic E-state index is 13.7. The minimum atomic E-state index is -0.554. The van der Waals surface area contributed by atoms with Crippen molar-refractivity contribution in [3.63, 3.8) is 0 Å². The number of rotatable bonds is 5. The zero-order valence-corrected chi connectivity index (χ0v) is 15.1. The molecule has 0 aromatic heterocycles. The van der Waals surface area contributed by atoms with Crippen molar-refractivity contribution in [3.05, 3.63) is 35.1 Å². The van der Waals surface area contributed by atoms with Crippen molar-refractivity contribution in [3.8, 4) is 0 Å². The molecule has 0 saturated carbocycles. The third-order valence-corrected chi connectivity index (χ3v) is 5.85. The lowest BCUT2D eigenvalue weighted by atomic mass is 9.89. The standard InChI is InChI=1S/C20H28FN3O2/c21-17-6-5-14-3-1-2-4-16(18(14)11-17)12-23-20(26)19(22)15-7-9-24(13-25)10-8-15/h5-6,11,13,15-16,19H,1-4,7-10,12,22H2,(H,23,26). The molecule has 142 valence electrons. The molecule has 1 aromatic rings. The second-order valence-electron chi connectivity index (χ2n) is 7.54. The van der Waals surface area contributed by atoms with Crippen LogP contribution < -0.4 is 11.1 Å². The second-order valence-corrected chi connectivity index (χ2v) is 7.54. The molecule has 2 unspecified atom stereocenters. The van der Waals surface area contributed by atoms with Gasteiger partial charge >= 0.3 is 0 Å². The molecule has 0 spiro atoms. The van der Waals surface area contributed by atoms with Gasteiger partial charge in [0.05, 0.1) is 6.04 Å². The molecule has 2 atom stereocenters. The molecule has 1 aliphatic heterocycles. The topological polar surface area (TPSA) is 75.4 Å². The van der Waals surface area contributed by atoms with E-state index in [9.17, 15) is 14.0 Å². The van der Waals surface area contributed by atoms with Crippen molar-refractivity contribution >= 4 is 12.3 Å². The van der Waals surface area contributed by atoms with E-state index in [0.29, 0.717) is 19.6 Å². The smallest absolute Gasteiger partial charge is 0.237 e. The molecular weight excluding hydrogens is 333 g/mol. The molecule has 3 N–H and O–H groups in total. The highest BCUT2D eigenvalue weighted by Gasteiger charge is 2.29. The average molecular weight is 361 g/mol. The number of piperidine rings is 1. The lowest BCUT2D eigenvalue weighted by Crippen LogP contribution is -2.49. The average Bonchev–Trinajstić information content (AvgIpc) is 2.87. The molecule has 0 radical (unpaired) electrons. The van der Waals surface area contributed by atoms with Gasteiger partial charge in [0.15, 0.2) is 0 Å².